The number of nitro benzene ring substituents is 1. The number of hydrogen-bond acceptors (Lipinski definition) is 6. The van der Waals surface area contributed by atoms with Crippen molar-refractivity contribution in [3.8, 4) is 5.75 Å². The molecule has 0 unspecified atom stereocenters. The van der Waals surface area contributed by atoms with Gasteiger partial charge in [0.05, 0.1) is 14.7 Å². The van der Waals surface area contributed by atoms with E-state index in [1.807, 2.05) is 6.07 Å². The van der Waals surface area contributed by atoms with E-state index in [-0.39, 0.29) is 17.3 Å². The summed E-state index contributed by atoms with van der Waals surface area (Å²) >= 11 is 2.13. The van der Waals surface area contributed by atoms with E-state index < -0.39 is 10.8 Å². The largest absolute Gasteiger partial charge is 0.488 e. The van der Waals surface area contributed by atoms with Gasteiger partial charge in [-0.1, -0.05) is 12.1 Å². The number of halogens is 2. The number of hydrogen-bond donors (Lipinski definition) is 1. The SMILES string of the molecule is O=C(N/N=C\c1ccc(OCc2ccc(F)cc2)c(I)c1)c1cc2cc([N+](=O)[O-])ccc2o1. The van der Waals surface area contributed by atoms with E-state index in [9.17, 15) is 19.3 Å². The Bertz CT molecular complexity index is 1370. The number of furan rings is 1. The first kappa shape index (κ1) is 22.4. The summed E-state index contributed by atoms with van der Waals surface area (Å²) in [5, 5.41) is 15.3. The molecular formula is C23H15FIN3O5. The lowest BCUT2D eigenvalue weighted by molar-refractivity contribution is -0.384. The van der Waals surface area contributed by atoms with Gasteiger partial charge in [-0.25, -0.2) is 9.82 Å². The van der Waals surface area contributed by atoms with Crippen LogP contribution in [0.3, 0.4) is 0 Å². The van der Waals surface area contributed by atoms with Crippen LogP contribution in [0.2, 0.25) is 0 Å². The Morgan fingerprint density at radius 3 is 2.67 bits per heavy atom. The molecule has 1 heterocycles. The van der Waals surface area contributed by atoms with Crippen LogP contribution in [0, 0.1) is 19.5 Å². The summed E-state index contributed by atoms with van der Waals surface area (Å²) in [6, 6.07) is 17.0. The normalized spacial score (nSPS) is 11.1. The van der Waals surface area contributed by atoms with Crippen molar-refractivity contribution in [2.24, 2.45) is 5.10 Å². The summed E-state index contributed by atoms with van der Waals surface area (Å²) in [6.07, 6.45) is 1.47. The molecule has 1 aromatic heterocycles. The van der Waals surface area contributed by atoms with Crippen LogP contribution in [0.5, 0.6) is 5.75 Å². The van der Waals surface area contributed by atoms with Gasteiger partial charge in [0.2, 0.25) is 0 Å². The number of non-ortho nitro benzene ring substituents is 1. The summed E-state index contributed by atoms with van der Waals surface area (Å²) in [7, 11) is 0. The van der Waals surface area contributed by atoms with Gasteiger partial charge in [-0.15, -0.1) is 0 Å². The van der Waals surface area contributed by atoms with Crippen LogP contribution in [0.1, 0.15) is 21.7 Å². The van der Waals surface area contributed by atoms with E-state index in [1.165, 1.54) is 42.6 Å². The summed E-state index contributed by atoms with van der Waals surface area (Å²) in [5.41, 5.74) is 4.22. The first-order valence-electron chi connectivity index (χ1n) is 9.57. The lowest BCUT2D eigenvalue weighted by Gasteiger charge is -2.09. The summed E-state index contributed by atoms with van der Waals surface area (Å²) in [6.45, 7) is 0.306. The van der Waals surface area contributed by atoms with Crippen molar-refractivity contribution in [2.45, 2.75) is 6.61 Å². The molecule has 4 rings (SSSR count). The molecule has 0 saturated carbocycles. The lowest BCUT2D eigenvalue weighted by Crippen LogP contribution is -2.16. The van der Waals surface area contributed by atoms with Crippen LogP contribution in [0.25, 0.3) is 11.0 Å². The van der Waals surface area contributed by atoms with E-state index in [2.05, 4.69) is 33.1 Å². The lowest BCUT2D eigenvalue weighted by atomic mass is 10.2. The van der Waals surface area contributed by atoms with Gasteiger partial charge in [-0.3, -0.25) is 14.9 Å². The highest BCUT2D eigenvalue weighted by Gasteiger charge is 2.14. The molecule has 10 heteroatoms. The minimum atomic E-state index is -0.584. The highest BCUT2D eigenvalue weighted by molar-refractivity contribution is 14.1. The van der Waals surface area contributed by atoms with Gasteiger partial charge in [0.1, 0.15) is 23.8 Å². The topological polar surface area (TPSA) is 107 Å². The molecule has 33 heavy (non-hydrogen) atoms. The molecule has 0 saturated heterocycles. The molecule has 8 nitrogen and oxygen atoms in total. The predicted molar refractivity (Wildman–Crippen MR) is 128 cm³/mol. The van der Waals surface area contributed by atoms with Crippen LogP contribution in [-0.4, -0.2) is 17.0 Å². The fourth-order valence-corrected chi connectivity index (χ4v) is 3.63. The highest BCUT2D eigenvalue weighted by atomic mass is 127. The molecule has 0 spiro atoms. The molecule has 4 aromatic rings. The van der Waals surface area contributed by atoms with Crippen LogP contribution >= 0.6 is 22.6 Å². The quantitative estimate of drug-likeness (QED) is 0.141. The van der Waals surface area contributed by atoms with Crippen molar-refractivity contribution in [3.05, 3.63) is 103 Å². The van der Waals surface area contributed by atoms with Gasteiger partial charge >= 0.3 is 5.91 Å². The van der Waals surface area contributed by atoms with Crippen LogP contribution in [-0.2, 0) is 6.61 Å². The molecule has 1 N–H and O–H groups in total. The molecule has 0 atom stereocenters. The van der Waals surface area contributed by atoms with Crippen molar-refractivity contribution in [1.82, 2.24) is 5.43 Å². The average Bonchev–Trinajstić information content (AvgIpc) is 3.23. The maximum Gasteiger partial charge on any atom is 0.307 e. The molecule has 3 aromatic carbocycles. The Labute approximate surface area is 200 Å². The second-order valence-electron chi connectivity index (χ2n) is 6.89. The van der Waals surface area contributed by atoms with E-state index in [0.29, 0.717) is 23.3 Å². The Morgan fingerprint density at radius 1 is 1.15 bits per heavy atom. The molecule has 0 fully saturated rings. The number of benzene rings is 3. The van der Waals surface area contributed by atoms with Gasteiger partial charge in [0.25, 0.3) is 5.69 Å². The fraction of sp³-hybridized carbons (Fsp3) is 0.0435. The number of fused-ring (bicyclic) bond motifs is 1. The van der Waals surface area contributed by atoms with Gasteiger partial charge in [-0.05, 0) is 76.2 Å². The number of amides is 1. The average molecular weight is 559 g/mol. The van der Waals surface area contributed by atoms with Crippen LogP contribution in [0.4, 0.5) is 10.1 Å². The summed E-state index contributed by atoms with van der Waals surface area (Å²) < 4.78 is 25.0. The molecule has 0 radical (unpaired) electrons. The number of carbonyl (C=O) groups is 1. The highest BCUT2D eigenvalue weighted by Crippen LogP contribution is 2.25. The number of hydrazone groups is 1. The second kappa shape index (κ2) is 9.77. The van der Waals surface area contributed by atoms with Crippen molar-refractivity contribution in [2.75, 3.05) is 0 Å². The van der Waals surface area contributed by atoms with E-state index in [0.717, 1.165) is 14.7 Å². The smallest absolute Gasteiger partial charge is 0.307 e. The standard InChI is InChI=1S/C23H15FIN3O5/c24-17-4-1-14(2-5-17)13-32-21-7-3-15(9-19(21)25)12-26-27-23(29)22-11-16-10-18(28(30)31)6-8-20(16)33-22/h1-12H,13H2,(H,27,29)/b26-12-. The van der Waals surface area contributed by atoms with Gasteiger partial charge in [-0.2, -0.15) is 5.10 Å². The maximum absolute atomic E-state index is 13.0. The zero-order chi connectivity index (χ0) is 23.4. The molecular weight excluding hydrogens is 544 g/mol. The summed E-state index contributed by atoms with van der Waals surface area (Å²) in [4.78, 5) is 22.6. The first-order valence-corrected chi connectivity index (χ1v) is 10.6. The van der Waals surface area contributed by atoms with Crippen LogP contribution in [0.15, 0.2) is 76.2 Å². The zero-order valence-corrected chi connectivity index (χ0v) is 19.0. The van der Waals surface area contributed by atoms with Crippen molar-refractivity contribution >= 4 is 51.4 Å². The number of nitro groups is 1. The van der Waals surface area contributed by atoms with Crippen molar-refractivity contribution < 1.29 is 23.3 Å². The number of rotatable bonds is 7. The van der Waals surface area contributed by atoms with Crippen molar-refractivity contribution in [1.29, 1.82) is 0 Å². The van der Waals surface area contributed by atoms with Gasteiger partial charge in [0.15, 0.2) is 5.76 Å². The summed E-state index contributed by atoms with van der Waals surface area (Å²) in [5.74, 6) is -0.230. The number of carbonyl (C=O) groups excluding carboxylic acids is 1. The Kier molecular flexibility index (Phi) is 6.63. The van der Waals surface area contributed by atoms with E-state index >= 15 is 0 Å². The molecule has 1 amide bonds. The van der Waals surface area contributed by atoms with Gasteiger partial charge in [0, 0.05) is 17.5 Å². The third kappa shape index (κ3) is 5.52. The minimum Gasteiger partial charge on any atom is -0.488 e. The third-order valence-electron chi connectivity index (χ3n) is 4.58. The van der Waals surface area contributed by atoms with E-state index in [4.69, 9.17) is 9.15 Å². The number of ether oxygens (including phenoxy) is 1. The molecule has 0 aliphatic rings. The van der Waals surface area contributed by atoms with Crippen LogP contribution < -0.4 is 10.2 Å². The zero-order valence-electron chi connectivity index (χ0n) is 16.8. The Morgan fingerprint density at radius 2 is 1.94 bits per heavy atom. The number of nitrogens with one attached hydrogen (secondary N) is 1. The number of nitrogens with zero attached hydrogens (tertiary/aromatic N) is 2. The first-order chi connectivity index (χ1) is 15.9. The monoisotopic (exact) mass is 559 g/mol. The molecule has 0 aliphatic carbocycles. The van der Waals surface area contributed by atoms with E-state index in [1.54, 1.807) is 24.3 Å². The molecule has 0 bridgehead atoms. The molecule has 0 aliphatic heterocycles. The molecule has 166 valence electrons. The third-order valence-corrected chi connectivity index (χ3v) is 5.42. The van der Waals surface area contributed by atoms with Crippen molar-refractivity contribution in [3.63, 3.8) is 0 Å². The predicted octanol–water partition coefficient (Wildman–Crippen LogP) is 5.43. The maximum atomic E-state index is 13.0. The Balaban J connectivity index is 1.37. The second-order valence-corrected chi connectivity index (χ2v) is 8.06. The van der Waals surface area contributed by atoms with Gasteiger partial charge < -0.3 is 9.15 Å². The Hall–Kier alpha value is -3.80. The fourth-order valence-electron chi connectivity index (χ4n) is 2.93. The minimum absolute atomic E-state index is 0.0123.